The van der Waals surface area contributed by atoms with Crippen LogP contribution in [0.5, 0.6) is 0 Å². The van der Waals surface area contributed by atoms with Gasteiger partial charge in [0.05, 0.1) is 12.7 Å². The zero-order chi connectivity index (χ0) is 13.3. The largest absolute Gasteiger partial charge is 0.379 e. The Balaban J connectivity index is 1.66. The minimum Gasteiger partial charge on any atom is -0.379 e. The van der Waals surface area contributed by atoms with Gasteiger partial charge in [-0.25, -0.2) is 0 Å². The molecule has 0 aromatic heterocycles. The summed E-state index contributed by atoms with van der Waals surface area (Å²) in [4.78, 5) is 0. The predicted molar refractivity (Wildman–Crippen MR) is 77.4 cm³/mol. The van der Waals surface area contributed by atoms with E-state index in [0.29, 0.717) is 6.04 Å². The van der Waals surface area contributed by atoms with Gasteiger partial charge in [0, 0.05) is 19.3 Å². The molecule has 0 bridgehead atoms. The van der Waals surface area contributed by atoms with Crippen LogP contribution in [0.15, 0.2) is 30.3 Å². The van der Waals surface area contributed by atoms with Crippen molar-refractivity contribution in [2.45, 2.75) is 38.3 Å². The molecule has 1 heterocycles. The van der Waals surface area contributed by atoms with Crippen molar-refractivity contribution in [1.29, 1.82) is 0 Å². The lowest BCUT2D eigenvalue weighted by atomic mass is 10.1. The number of nitrogens with one attached hydrogen (secondary N) is 1. The maximum absolute atomic E-state index is 5.98. The second-order valence-corrected chi connectivity index (χ2v) is 5.03. The van der Waals surface area contributed by atoms with E-state index in [1.165, 1.54) is 5.56 Å². The number of likely N-dealkylation sites (N-methyl/N-ethyl adjacent to an activating group) is 1. The number of ether oxygens (including phenoxy) is 2. The Bertz CT molecular complexity index is 340. The molecule has 2 atom stereocenters. The highest BCUT2D eigenvalue weighted by molar-refractivity contribution is 5.14. The fourth-order valence-electron chi connectivity index (χ4n) is 2.53. The maximum Gasteiger partial charge on any atom is 0.0961 e. The molecule has 1 aromatic carbocycles. The van der Waals surface area contributed by atoms with Crippen molar-refractivity contribution >= 4 is 0 Å². The van der Waals surface area contributed by atoms with Gasteiger partial charge >= 0.3 is 0 Å². The summed E-state index contributed by atoms with van der Waals surface area (Å²) >= 11 is 0. The minimum absolute atomic E-state index is 0.212. The Hall–Kier alpha value is -0.900. The van der Waals surface area contributed by atoms with Gasteiger partial charge in [-0.1, -0.05) is 37.3 Å². The first-order chi connectivity index (χ1) is 9.40. The topological polar surface area (TPSA) is 30.5 Å². The summed E-state index contributed by atoms with van der Waals surface area (Å²) < 4.78 is 11.5. The molecule has 1 saturated heterocycles. The minimum atomic E-state index is 0.212. The van der Waals surface area contributed by atoms with Gasteiger partial charge in [-0.15, -0.1) is 0 Å². The Morgan fingerprint density at radius 1 is 1.32 bits per heavy atom. The van der Waals surface area contributed by atoms with Crippen LogP contribution >= 0.6 is 0 Å². The molecule has 1 aromatic rings. The van der Waals surface area contributed by atoms with E-state index < -0.39 is 0 Å². The first-order valence-electron chi connectivity index (χ1n) is 7.37. The van der Waals surface area contributed by atoms with E-state index in [1.807, 2.05) is 0 Å². The van der Waals surface area contributed by atoms with Gasteiger partial charge in [0.1, 0.15) is 0 Å². The van der Waals surface area contributed by atoms with Crippen molar-refractivity contribution in [1.82, 2.24) is 5.32 Å². The second kappa shape index (κ2) is 8.31. The van der Waals surface area contributed by atoms with Crippen LogP contribution in [-0.4, -0.2) is 38.5 Å². The van der Waals surface area contributed by atoms with E-state index in [-0.39, 0.29) is 6.10 Å². The lowest BCUT2D eigenvalue weighted by molar-refractivity contribution is -0.0689. The van der Waals surface area contributed by atoms with E-state index in [2.05, 4.69) is 42.6 Å². The molecule has 3 heteroatoms. The van der Waals surface area contributed by atoms with Crippen LogP contribution in [0.1, 0.15) is 25.3 Å². The number of hydrogen-bond acceptors (Lipinski definition) is 3. The SMILES string of the molecule is CCNC1CCOCC1OCCCc1ccccc1. The second-order valence-electron chi connectivity index (χ2n) is 5.03. The molecule has 0 saturated carbocycles. The summed E-state index contributed by atoms with van der Waals surface area (Å²) in [5.74, 6) is 0. The molecule has 0 amide bonds. The molecular formula is C16H25NO2. The van der Waals surface area contributed by atoms with E-state index in [0.717, 1.165) is 45.6 Å². The van der Waals surface area contributed by atoms with Crippen LogP contribution in [0.25, 0.3) is 0 Å². The molecule has 1 fully saturated rings. The molecule has 1 N–H and O–H groups in total. The fraction of sp³-hybridized carbons (Fsp3) is 0.625. The highest BCUT2D eigenvalue weighted by Crippen LogP contribution is 2.12. The standard InChI is InChI=1S/C16H25NO2/c1-2-17-15-10-12-18-13-16(15)19-11-6-9-14-7-4-3-5-8-14/h3-5,7-8,15-17H,2,6,9-13H2,1H3. The molecular weight excluding hydrogens is 238 g/mol. The summed E-state index contributed by atoms with van der Waals surface area (Å²) in [6.07, 6.45) is 3.42. The van der Waals surface area contributed by atoms with Gasteiger partial charge in [0.2, 0.25) is 0 Å². The molecule has 19 heavy (non-hydrogen) atoms. The zero-order valence-electron chi connectivity index (χ0n) is 11.8. The molecule has 0 radical (unpaired) electrons. The van der Waals surface area contributed by atoms with Crippen molar-refractivity contribution in [2.24, 2.45) is 0 Å². The zero-order valence-corrected chi connectivity index (χ0v) is 11.8. The third-order valence-electron chi connectivity index (χ3n) is 3.55. The number of benzene rings is 1. The van der Waals surface area contributed by atoms with Gasteiger partial charge in [0.15, 0.2) is 0 Å². The first-order valence-corrected chi connectivity index (χ1v) is 7.37. The molecule has 106 valence electrons. The Kier molecular flexibility index (Phi) is 6.34. The highest BCUT2D eigenvalue weighted by atomic mass is 16.5. The average molecular weight is 263 g/mol. The molecule has 0 spiro atoms. The molecule has 1 aliphatic rings. The van der Waals surface area contributed by atoms with Gasteiger partial charge in [0.25, 0.3) is 0 Å². The van der Waals surface area contributed by atoms with Crippen LogP contribution in [0.2, 0.25) is 0 Å². The predicted octanol–water partition coefficient (Wildman–Crippen LogP) is 2.40. The molecule has 1 aliphatic heterocycles. The maximum atomic E-state index is 5.98. The van der Waals surface area contributed by atoms with Crippen molar-refractivity contribution < 1.29 is 9.47 Å². The van der Waals surface area contributed by atoms with Crippen LogP contribution in [0, 0.1) is 0 Å². The average Bonchev–Trinajstić information content (AvgIpc) is 2.47. The Morgan fingerprint density at radius 3 is 2.95 bits per heavy atom. The third kappa shape index (κ3) is 4.94. The van der Waals surface area contributed by atoms with Crippen molar-refractivity contribution in [2.75, 3.05) is 26.4 Å². The molecule has 2 unspecified atom stereocenters. The molecule has 3 nitrogen and oxygen atoms in total. The summed E-state index contributed by atoms with van der Waals surface area (Å²) in [7, 11) is 0. The van der Waals surface area contributed by atoms with Crippen molar-refractivity contribution in [3.63, 3.8) is 0 Å². The summed E-state index contributed by atoms with van der Waals surface area (Å²) in [6.45, 7) is 5.52. The van der Waals surface area contributed by atoms with Gasteiger partial charge in [-0.2, -0.15) is 0 Å². The Labute approximate surface area is 116 Å². The van der Waals surface area contributed by atoms with Crippen LogP contribution in [-0.2, 0) is 15.9 Å². The lowest BCUT2D eigenvalue weighted by Gasteiger charge is -2.32. The van der Waals surface area contributed by atoms with Gasteiger partial charge in [-0.05, 0) is 31.4 Å². The fourth-order valence-corrected chi connectivity index (χ4v) is 2.53. The first kappa shape index (κ1) is 14.5. The third-order valence-corrected chi connectivity index (χ3v) is 3.55. The normalized spacial score (nSPS) is 23.4. The highest BCUT2D eigenvalue weighted by Gasteiger charge is 2.25. The van der Waals surface area contributed by atoms with Crippen LogP contribution in [0.3, 0.4) is 0 Å². The van der Waals surface area contributed by atoms with Crippen LogP contribution in [0.4, 0.5) is 0 Å². The molecule has 2 rings (SSSR count). The lowest BCUT2D eigenvalue weighted by Crippen LogP contribution is -2.47. The number of rotatable bonds is 7. The van der Waals surface area contributed by atoms with E-state index in [1.54, 1.807) is 0 Å². The molecule has 0 aliphatic carbocycles. The number of aryl methyl sites for hydroxylation is 1. The summed E-state index contributed by atoms with van der Waals surface area (Å²) in [6, 6.07) is 11.0. The number of hydrogen-bond donors (Lipinski definition) is 1. The summed E-state index contributed by atoms with van der Waals surface area (Å²) in [5, 5.41) is 3.49. The quantitative estimate of drug-likeness (QED) is 0.766. The van der Waals surface area contributed by atoms with E-state index in [4.69, 9.17) is 9.47 Å². The monoisotopic (exact) mass is 263 g/mol. The van der Waals surface area contributed by atoms with E-state index in [9.17, 15) is 0 Å². The van der Waals surface area contributed by atoms with Crippen molar-refractivity contribution in [3.8, 4) is 0 Å². The van der Waals surface area contributed by atoms with Crippen molar-refractivity contribution in [3.05, 3.63) is 35.9 Å². The smallest absolute Gasteiger partial charge is 0.0961 e. The van der Waals surface area contributed by atoms with Gasteiger partial charge < -0.3 is 14.8 Å². The van der Waals surface area contributed by atoms with Crippen LogP contribution < -0.4 is 5.32 Å². The summed E-state index contributed by atoms with van der Waals surface area (Å²) in [5.41, 5.74) is 1.38. The Morgan fingerprint density at radius 2 is 2.16 bits per heavy atom. The van der Waals surface area contributed by atoms with Gasteiger partial charge in [-0.3, -0.25) is 0 Å². The van der Waals surface area contributed by atoms with E-state index >= 15 is 0 Å².